The van der Waals surface area contributed by atoms with Crippen molar-refractivity contribution in [3.63, 3.8) is 0 Å². The first-order chi connectivity index (χ1) is 8.65. The molecule has 0 unspecified atom stereocenters. The van der Waals surface area contributed by atoms with Crippen molar-refractivity contribution in [2.45, 2.75) is 0 Å². The maximum absolute atomic E-state index is 11.5. The summed E-state index contributed by atoms with van der Waals surface area (Å²) in [6, 6.07) is 9.18. The zero-order chi connectivity index (χ0) is 13.1. The molecule has 0 radical (unpaired) electrons. The number of rotatable bonds is 3. The van der Waals surface area contributed by atoms with Gasteiger partial charge in [0, 0.05) is 12.6 Å². The minimum absolute atomic E-state index is 0.398. The van der Waals surface area contributed by atoms with Gasteiger partial charge < -0.3 is 9.47 Å². The normalized spacial score (nSPS) is 10.2. The Labute approximate surface area is 105 Å². The quantitative estimate of drug-likeness (QED) is 0.776. The van der Waals surface area contributed by atoms with Crippen molar-refractivity contribution in [3.8, 4) is 17.0 Å². The number of carbonyl (C=O) groups is 1. The summed E-state index contributed by atoms with van der Waals surface area (Å²) < 4.78 is 11.3. The Kier molecular flexibility index (Phi) is 3.32. The van der Waals surface area contributed by atoms with E-state index in [4.69, 9.17) is 4.74 Å². The van der Waals surface area contributed by atoms with Gasteiger partial charge in [0.1, 0.15) is 11.4 Å². The number of ether oxygens (including phenoxy) is 2. The van der Waals surface area contributed by atoms with Crippen molar-refractivity contribution in [3.05, 3.63) is 36.0 Å². The molecule has 0 saturated carbocycles. The third kappa shape index (κ3) is 2.20. The molecule has 0 fully saturated rings. The van der Waals surface area contributed by atoms with E-state index in [9.17, 15) is 4.79 Å². The van der Waals surface area contributed by atoms with Crippen molar-refractivity contribution in [1.29, 1.82) is 0 Å². The molecular weight excluding hydrogens is 232 g/mol. The van der Waals surface area contributed by atoms with Gasteiger partial charge in [-0.15, -0.1) is 0 Å². The molecular formula is C13H14N2O3. The molecule has 0 amide bonds. The van der Waals surface area contributed by atoms with E-state index < -0.39 is 5.97 Å². The van der Waals surface area contributed by atoms with Crippen LogP contribution in [0, 0.1) is 0 Å². The highest BCUT2D eigenvalue weighted by molar-refractivity contribution is 5.88. The molecule has 0 N–H and O–H groups in total. The fourth-order valence-electron chi connectivity index (χ4n) is 1.67. The lowest BCUT2D eigenvalue weighted by molar-refractivity contribution is 0.0588. The average Bonchev–Trinajstić information content (AvgIpc) is 2.80. The molecule has 1 heterocycles. The topological polar surface area (TPSA) is 53.4 Å². The summed E-state index contributed by atoms with van der Waals surface area (Å²) in [5.74, 6) is 0.382. The van der Waals surface area contributed by atoms with E-state index in [1.807, 2.05) is 24.3 Å². The van der Waals surface area contributed by atoms with E-state index in [1.54, 1.807) is 20.2 Å². The van der Waals surface area contributed by atoms with Crippen molar-refractivity contribution >= 4 is 5.97 Å². The monoisotopic (exact) mass is 246 g/mol. The fraction of sp³-hybridized carbons (Fsp3) is 0.231. The molecule has 2 aromatic rings. The Morgan fingerprint density at radius 1 is 1.22 bits per heavy atom. The second-order valence-electron chi connectivity index (χ2n) is 3.76. The van der Waals surface area contributed by atoms with Gasteiger partial charge in [-0.25, -0.2) is 4.79 Å². The number of hydrogen-bond acceptors (Lipinski definition) is 4. The van der Waals surface area contributed by atoms with Crippen molar-refractivity contribution < 1.29 is 14.3 Å². The molecule has 0 aliphatic carbocycles. The summed E-state index contributed by atoms with van der Waals surface area (Å²) in [6.07, 6.45) is 0. The smallest absolute Gasteiger partial charge is 0.356 e. The molecule has 1 aromatic heterocycles. The van der Waals surface area contributed by atoms with Crippen LogP contribution in [-0.2, 0) is 11.8 Å². The van der Waals surface area contributed by atoms with E-state index >= 15 is 0 Å². The van der Waals surface area contributed by atoms with Gasteiger partial charge in [0.05, 0.1) is 19.9 Å². The summed E-state index contributed by atoms with van der Waals surface area (Å²) in [5, 5.41) is 4.28. The summed E-state index contributed by atoms with van der Waals surface area (Å²) in [6.45, 7) is 0. The van der Waals surface area contributed by atoms with Crippen LogP contribution in [0.4, 0.5) is 0 Å². The first-order valence-corrected chi connectivity index (χ1v) is 5.42. The van der Waals surface area contributed by atoms with E-state index in [0.29, 0.717) is 5.69 Å². The van der Waals surface area contributed by atoms with Crippen LogP contribution in [0.5, 0.6) is 5.75 Å². The van der Waals surface area contributed by atoms with Crippen molar-refractivity contribution in [1.82, 2.24) is 9.78 Å². The predicted molar refractivity (Wildman–Crippen MR) is 66.5 cm³/mol. The Morgan fingerprint density at radius 2 is 1.89 bits per heavy atom. The van der Waals surface area contributed by atoms with Crippen LogP contribution in [0.3, 0.4) is 0 Å². The van der Waals surface area contributed by atoms with Crippen LogP contribution in [0.1, 0.15) is 10.5 Å². The lowest BCUT2D eigenvalue weighted by Crippen LogP contribution is -2.07. The molecule has 0 aliphatic rings. The number of aromatic nitrogens is 2. The number of hydrogen-bond donors (Lipinski definition) is 0. The Balaban J connectivity index is 2.36. The standard InChI is InChI=1S/C13H14N2O3/c1-15-12(13(16)18-3)8-11(14-15)9-4-6-10(17-2)7-5-9/h4-8H,1-3H3. The first-order valence-electron chi connectivity index (χ1n) is 5.42. The maximum atomic E-state index is 11.5. The van der Waals surface area contributed by atoms with Gasteiger partial charge in [-0.1, -0.05) is 0 Å². The molecule has 1 aromatic carbocycles. The first kappa shape index (κ1) is 12.2. The Hall–Kier alpha value is -2.30. The van der Waals surface area contributed by atoms with E-state index in [1.165, 1.54) is 11.8 Å². The largest absolute Gasteiger partial charge is 0.497 e. The van der Waals surface area contributed by atoms with E-state index in [-0.39, 0.29) is 0 Å². The Bertz CT molecular complexity index is 558. The van der Waals surface area contributed by atoms with Crippen LogP contribution in [-0.4, -0.2) is 30.0 Å². The van der Waals surface area contributed by atoms with Crippen LogP contribution < -0.4 is 4.74 Å². The van der Waals surface area contributed by atoms with Crippen LogP contribution in [0.25, 0.3) is 11.3 Å². The number of benzene rings is 1. The second kappa shape index (κ2) is 4.91. The average molecular weight is 246 g/mol. The zero-order valence-corrected chi connectivity index (χ0v) is 10.5. The fourth-order valence-corrected chi connectivity index (χ4v) is 1.67. The van der Waals surface area contributed by atoms with Gasteiger partial charge in [0.15, 0.2) is 0 Å². The van der Waals surface area contributed by atoms with Crippen molar-refractivity contribution in [2.75, 3.05) is 14.2 Å². The third-order valence-corrected chi connectivity index (χ3v) is 2.66. The van der Waals surface area contributed by atoms with Gasteiger partial charge in [0.25, 0.3) is 0 Å². The number of esters is 1. The maximum Gasteiger partial charge on any atom is 0.356 e. The van der Waals surface area contributed by atoms with Gasteiger partial charge in [-0.3, -0.25) is 4.68 Å². The molecule has 94 valence electrons. The summed E-state index contributed by atoms with van der Waals surface area (Å²) in [7, 11) is 4.67. The molecule has 5 heteroatoms. The summed E-state index contributed by atoms with van der Waals surface area (Å²) >= 11 is 0. The van der Waals surface area contributed by atoms with Crippen LogP contribution >= 0.6 is 0 Å². The van der Waals surface area contributed by atoms with Gasteiger partial charge in [-0.2, -0.15) is 5.10 Å². The minimum Gasteiger partial charge on any atom is -0.497 e. The molecule has 0 aliphatic heterocycles. The lowest BCUT2D eigenvalue weighted by atomic mass is 10.1. The molecule has 5 nitrogen and oxygen atoms in total. The van der Waals surface area contributed by atoms with Crippen molar-refractivity contribution in [2.24, 2.45) is 7.05 Å². The minimum atomic E-state index is -0.398. The molecule has 2 rings (SSSR count). The Morgan fingerprint density at radius 3 is 2.44 bits per heavy atom. The lowest BCUT2D eigenvalue weighted by Gasteiger charge is -2.00. The predicted octanol–water partition coefficient (Wildman–Crippen LogP) is 1.88. The summed E-state index contributed by atoms with van der Waals surface area (Å²) in [5.41, 5.74) is 2.06. The zero-order valence-electron chi connectivity index (χ0n) is 10.5. The second-order valence-corrected chi connectivity index (χ2v) is 3.76. The number of carbonyl (C=O) groups excluding carboxylic acids is 1. The molecule has 0 atom stereocenters. The molecule has 0 spiro atoms. The van der Waals surface area contributed by atoms with Crippen LogP contribution in [0.2, 0.25) is 0 Å². The highest BCUT2D eigenvalue weighted by atomic mass is 16.5. The van der Waals surface area contributed by atoms with Crippen LogP contribution in [0.15, 0.2) is 30.3 Å². The molecule has 18 heavy (non-hydrogen) atoms. The van der Waals surface area contributed by atoms with Gasteiger partial charge in [0.2, 0.25) is 0 Å². The SMILES string of the molecule is COC(=O)c1cc(-c2ccc(OC)cc2)nn1C. The number of methoxy groups -OCH3 is 2. The number of aryl methyl sites for hydroxylation is 1. The summed E-state index contributed by atoms with van der Waals surface area (Å²) in [4.78, 5) is 11.5. The highest BCUT2D eigenvalue weighted by Gasteiger charge is 2.14. The van der Waals surface area contributed by atoms with Gasteiger partial charge in [-0.05, 0) is 30.3 Å². The van der Waals surface area contributed by atoms with Gasteiger partial charge >= 0.3 is 5.97 Å². The number of nitrogens with zero attached hydrogens (tertiary/aromatic N) is 2. The molecule has 0 bridgehead atoms. The molecule has 0 saturated heterocycles. The van der Waals surface area contributed by atoms with E-state index in [0.717, 1.165) is 17.0 Å². The highest BCUT2D eigenvalue weighted by Crippen LogP contribution is 2.22. The third-order valence-electron chi connectivity index (χ3n) is 2.66. The van der Waals surface area contributed by atoms with E-state index in [2.05, 4.69) is 9.84 Å².